The minimum atomic E-state index is -3.26. The molecule has 0 aromatic heterocycles. The van der Waals surface area contributed by atoms with Gasteiger partial charge in [0.1, 0.15) is 5.56 Å². The second kappa shape index (κ2) is 3.99. The summed E-state index contributed by atoms with van der Waals surface area (Å²) in [5.74, 6) is -3.61. The Morgan fingerprint density at radius 1 is 1.43 bits per heavy atom. The second-order valence-corrected chi connectivity index (χ2v) is 2.30. The maximum Gasteiger partial charge on any atom is 0.387 e. The van der Waals surface area contributed by atoms with Crippen LogP contribution < -0.4 is 4.74 Å². The fourth-order valence-electron chi connectivity index (χ4n) is 0.886. The van der Waals surface area contributed by atoms with E-state index >= 15 is 0 Å². The molecule has 0 aliphatic carbocycles. The second-order valence-electron chi connectivity index (χ2n) is 2.30. The Labute approximate surface area is 76.7 Å². The monoisotopic (exact) mass is 206 g/mol. The lowest BCUT2D eigenvalue weighted by molar-refractivity contribution is -0.0527. The Bertz CT molecular complexity index is 352. The molecule has 6 heteroatoms. The van der Waals surface area contributed by atoms with Crippen molar-refractivity contribution in [3.05, 3.63) is 29.6 Å². The average Bonchev–Trinajstić information content (AvgIpc) is 2.07. The third-order valence-corrected chi connectivity index (χ3v) is 1.40. The van der Waals surface area contributed by atoms with E-state index in [1.807, 2.05) is 0 Å². The van der Waals surface area contributed by atoms with Crippen LogP contribution in [0.4, 0.5) is 13.2 Å². The molecule has 0 atom stereocenters. The van der Waals surface area contributed by atoms with Crippen LogP contribution in [0.2, 0.25) is 0 Å². The first-order valence-electron chi connectivity index (χ1n) is 3.49. The van der Waals surface area contributed by atoms with E-state index in [-0.39, 0.29) is 0 Å². The molecule has 0 amide bonds. The van der Waals surface area contributed by atoms with Crippen LogP contribution in [0.15, 0.2) is 18.2 Å². The van der Waals surface area contributed by atoms with Gasteiger partial charge in [0.2, 0.25) is 0 Å². The first-order valence-corrected chi connectivity index (χ1v) is 3.49. The van der Waals surface area contributed by atoms with Crippen molar-refractivity contribution in [1.29, 1.82) is 0 Å². The minimum absolute atomic E-state index is 0.634. The Balaban J connectivity index is 3.15. The molecule has 3 nitrogen and oxygen atoms in total. The lowest BCUT2D eigenvalue weighted by Crippen LogP contribution is -2.09. The summed E-state index contributed by atoms with van der Waals surface area (Å²) in [4.78, 5) is 10.5. The predicted molar refractivity (Wildman–Crippen MR) is 40.0 cm³/mol. The quantitative estimate of drug-likeness (QED) is 0.823. The number of aromatic carboxylic acids is 1. The summed E-state index contributed by atoms with van der Waals surface area (Å²) in [6.45, 7) is -3.26. The molecule has 0 spiro atoms. The Morgan fingerprint density at radius 2 is 2.07 bits per heavy atom. The summed E-state index contributed by atoms with van der Waals surface area (Å²) in [6.07, 6.45) is 0. The van der Waals surface area contributed by atoms with Crippen LogP contribution >= 0.6 is 0 Å². The SMILES string of the molecule is O=C(O)c1cccc(F)c1OC(F)F. The van der Waals surface area contributed by atoms with E-state index in [0.29, 0.717) is 0 Å². The number of hydrogen-bond acceptors (Lipinski definition) is 2. The fraction of sp³-hybridized carbons (Fsp3) is 0.125. The predicted octanol–water partition coefficient (Wildman–Crippen LogP) is 2.13. The van der Waals surface area contributed by atoms with Gasteiger partial charge in [-0.3, -0.25) is 0 Å². The number of alkyl halides is 2. The van der Waals surface area contributed by atoms with Gasteiger partial charge in [0.25, 0.3) is 0 Å². The summed E-state index contributed by atoms with van der Waals surface area (Å²) >= 11 is 0. The van der Waals surface area contributed by atoms with E-state index in [1.54, 1.807) is 0 Å². The van der Waals surface area contributed by atoms with E-state index in [2.05, 4.69) is 4.74 Å². The molecule has 76 valence electrons. The maximum absolute atomic E-state index is 12.8. The third-order valence-electron chi connectivity index (χ3n) is 1.40. The molecule has 0 aliphatic rings. The van der Waals surface area contributed by atoms with Crippen molar-refractivity contribution in [1.82, 2.24) is 0 Å². The number of carbonyl (C=O) groups is 1. The lowest BCUT2D eigenvalue weighted by Gasteiger charge is -2.07. The molecule has 0 radical (unpaired) electrons. The average molecular weight is 206 g/mol. The fourth-order valence-corrected chi connectivity index (χ4v) is 0.886. The van der Waals surface area contributed by atoms with Crippen LogP contribution in [0.25, 0.3) is 0 Å². The molecule has 0 fully saturated rings. The highest BCUT2D eigenvalue weighted by Gasteiger charge is 2.18. The molecule has 1 N–H and O–H groups in total. The molecule has 1 aromatic rings. The zero-order chi connectivity index (χ0) is 10.7. The van der Waals surface area contributed by atoms with Gasteiger partial charge in [0.05, 0.1) is 0 Å². The van der Waals surface area contributed by atoms with Crippen molar-refractivity contribution in [2.45, 2.75) is 6.61 Å². The molecule has 0 aliphatic heterocycles. The van der Waals surface area contributed by atoms with E-state index in [4.69, 9.17) is 5.11 Å². The Hall–Kier alpha value is -1.72. The van der Waals surface area contributed by atoms with Crippen molar-refractivity contribution in [2.75, 3.05) is 0 Å². The van der Waals surface area contributed by atoms with Crippen LogP contribution in [0, 0.1) is 5.82 Å². The largest absolute Gasteiger partial charge is 0.478 e. The van der Waals surface area contributed by atoms with Crippen molar-refractivity contribution >= 4 is 5.97 Å². The standard InChI is InChI=1S/C8H5F3O3/c9-5-3-1-2-4(7(12)13)6(5)14-8(10)11/h1-3,8H,(H,12,13). The number of rotatable bonds is 3. The van der Waals surface area contributed by atoms with Crippen LogP contribution in [0.1, 0.15) is 10.4 Å². The summed E-state index contributed by atoms with van der Waals surface area (Å²) in [5, 5.41) is 8.51. The van der Waals surface area contributed by atoms with Gasteiger partial charge in [-0.25, -0.2) is 9.18 Å². The number of benzene rings is 1. The summed E-state index contributed by atoms with van der Waals surface area (Å²) in [6, 6.07) is 2.91. The molecule has 1 aromatic carbocycles. The van der Waals surface area contributed by atoms with Crippen molar-refractivity contribution in [3.8, 4) is 5.75 Å². The van der Waals surface area contributed by atoms with Gasteiger partial charge in [-0.1, -0.05) is 6.07 Å². The number of ether oxygens (including phenoxy) is 1. The van der Waals surface area contributed by atoms with Gasteiger partial charge in [-0.2, -0.15) is 8.78 Å². The zero-order valence-electron chi connectivity index (χ0n) is 6.71. The van der Waals surface area contributed by atoms with E-state index in [1.165, 1.54) is 0 Å². The number of carboxylic acid groups (broad SMARTS) is 1. The van der Waals surface area contributed by atoms with Gasteiger partial charge in [-0.05, 0) is 12.1 Å². The maximum atomic E-state index is 12.8. The summed E-state index contributed by atoms with van der Waals surface area (Å²) < 4.78 is 40.1. The van der Waals surface area contributed by atoms with Gasteiger partial charge < -0.3 is 9.84 Å². The van der Waals surface area contributed by atoms with Gasteiger partial charge in [-0.15, -0.1) is 0 Å². The van der Waals surface area contributed by atoms with Crippen molar-refractivity contribution in [3.63, 3.8) is 0 Å². The highest BCUT2D eigenvalue weighted by Crippen LogP contribution is 2.24. The summed E-state index contributed by atoms with van der Waals surface area (Å²) in [7, 11) is 0. The van der Waals surface area contributed by atoms with Gasteiger partial charge >= 0.3 is 12.6 Å². The highest BCUT2D eigenvalue weighted by atomic mass is 19.3. The van der Waals surface area contributed by atoms with Gasteiger partial charge in [0, 0.05) is 0 Å². The highest BCUT2D eigenvalue weighted by molar-refractivity contribution is 5.90. The number of para-hydroxylation sites is 1. The number of halogens is 3. The topological polar surface area (TPSA) is 46.5 Å². The Kier molecular flexibility index (Phi) is 2.95. The molecule has 0 bridgehead atoms. The van der Waals surface area contributed by atoms with Crippen LogP contribution in [0.5, 0.6) is 5.75 Å². The summed E-state index contributed by atoms with van der Waals surface area (Å²) in [5.41, 5.74) is -0.634. The van der Waals surface area contributed by atoms with E-state index in [0.717, 1.165) is 18.2 Å². The normalized spacial score (nSPS) is 10.3. The number of hydrogen-bond donors (Lipinski definition) is 1. The minimum Gasteiger partial charge on any atom is -0.478 e. The van der Waals surface area contributed by atoms with E-state index < -0.39 is 29.7 Å². The van der Waals surface area contributed by atoms with Gasteiger partial charge in [0.15, 0.2) is 11.6 Å². The first kappa shape index (κ1) is 10.4. The molecule has 1 rings (SSSR count). The third kappa shape index (κ3) is 2.15. The molecule has 14 heavy (non-hydrogen) atoms. The lowest BCUT2D eigenvalue weighted by atomic mass is 10.2. The molecule has 0 unspecified atom stereocenters. The van der Waals surface area contributed by atoms with Crippen LogP contribution in [-0.4, -0.2) is 17.7 Å². The molecule has 0 saturated heterocycles. The molecule has 0 heterocycles. The molecule has 0 saturated carbocycles. The first-order chi connectivity index (χ1) is 6.52. The van der Waals surface area contributed by atoms with Crippen molar-refractivity contribution < 1.29 is 27.8 Å². The zero-order valence-corrected chi connectivity index (χ0v) is 6.71. The smallest absolute Gasteiger partial charge is 0.387 e. The van der Waals surface area contributed by atoms with Crippen LogP contribution in [-0.2, 0) is 0 Å². The van der Waals surface area contributed by atoms with E-state index in [9.17, 15) is 18.0 Å². The number of carboxylic acids is 1. The Morgan fingerprint density at radius 3 is 2.57 bits per heavy atom. The van der Waals surface area contributed by atoms with Crippen LogP contribution in [0.3, 0.4) is 0 Å². The van der Waals surface area contributed by atoms with Crippen molar-refractivity contribution in [2.24, 2.45) is 0 Å². The molecular formula is C8H5F3O3. The molecular weight excluding hydrogens is 201 g/mol.